The Kier molecular flexibility index (Phi) is 6.35. The van der Waals surface area contributed by atoms with E-state index in [1.165, 1.54) is 0 Å². The molecule has 0 bridgehead atoms. The van der Waals surface area contributed by atoms with Gasteiger partial charge in [-0.25, -0.2) is 4.79 Å². The van der Waals surface area contributed by atoms with Crippen LogP contribution in [0.25, 0.3) is 0 Å². The highest BCUT2D eigenvalue weighted by atomic mass is 16.5. The van der Waals surface area contributed by atoms with E-state index in [4.69, 9.17) is 4.74 Å². The summed E-state index contributed by atoms with van der Waals surface area (Å²) in [4.78, 5) is 35.6. The van der Waals surface area contributed by atoms with E-state index in [0.717, 1.165) is 24.8 Å². The van der Waals surface area contributed by atoms with Crippen molar-refractivity contribution in [3.63, 3.8) is 0 Å². The number of urea groups is 1. The van der Waals surface area contributed by atoms with Gasteiger partial charge in [0.05, 0.1) is 5.92 Å². The zero-order valence-electron chi connectivity index (χ0n) is 14.1. The van der Waals surface area contributed by atoms with Crippen LogP contribution in [0.3, 0.4) is 0 Å². The summed E-state index contributed by atoms with van der Waals surface area (Å²) in [5.74, 6) is -1.42. The van der Waals surface area contributed by atoms with Gasteiger partial charge in [-0.05, 0) is 24.3 Å². The molecular formula is C18H24N2O4. The number of rotatable bonds is 7. The summed E-state index contributed by atoms with van der Waals surface area (Å²) in [6.07, 6.45) is 2.68. The molecule has 2 atom stereocenters. The minimum Gasteiger partial charge on any atom is -0.455 e. The van der Waals surface area contributed by atoms with Crippen LogP contribution in [0.1, 0.15) is 44.6 Å². The average Bonchev–Trinajstić information content (AvgIpc) is 3.37. The van der Waals surface area contributed by atoms with Gasteiger partial charge in [0.15, 0.2) is 6.61 Å². The first kappa shape index (κ1) is 18.0. The number of ether oxygens (including phenoxy) is 1. The SMILES string of the molecule is CC[C@H](C)[C@@H](C(=O)OCC(=O)NC(=O)NC1CC1)c1ccccc1. The van der Waals surface area contributed by atoms with E-state index in [0.29, 0.717) is 0 Å². The molecule has 3 amide bonds. The molecule has 2 rings (SSSR count). The molecule has 0 aliphatic heterocycles. The molecule has 0 unspecified atom stereocenters. The van der Waals surface area contributed by atoms with Crippen molar-refractivity contribution >= 4 is 17.9 Å². The number of esters is 1. The van der Waals surface area contributed by atoms with Gasteiger partial charge in [-0.3, -0.25) is 14.9 Å². The first-order valence-electron chi connectivity index (χ1n) is 8.33. The molecule has 24 heavy (non-hydrogen) atoms. The lowest BCUT2D eigenvalue weighted by Gasteiger charge is -2.21. The van der Waals surface area contributed by atoms with E-state index < -0.39 is 30.4 Å². The Labute approximate surface area is 142 Å². The van der Waals surface area contributed by atoms with Gasteiger partial charge in [-0.2, -0.15) is 0 Å². The Morgan fingerprint density at radius 2 is 1.88 bits per heavy atom. The number of hydrogen-bond acceptors (Lipinski definition) is 4. The van der Waals surface area contributed by atoms with E-state index in [-0.39, 0.29) is 12.0 Å². The fourth-order valence-corrected chi connectivity index (χ4v) is 2.43. The first-order valence-corrected chi connectivity index (χ1v) is 8.33. The lowest BCUT2D eigenvalue weighted by Crippen LogP contribution is -2.42. The molecule has 1 fully saturated rings. The molecule has 1 aromatic rings. The number of amides is 3. The van der Waals surface area contributed by atoms with Crippen LogP contribution in [0.2, 0.25) is 0 Å². The fourth-order valence-electron chi connectivity index (χ4n) is 2.43. The maximum Gasteiger partial charge on any atom is 0.321 e. The van der Waals surface area contributed by atoms with Crippen LogP contribution >= 0.6 is 0 Å². The Balaban J connectivity index is 1.87. The van der Waals surface area contributed by atoms with Crippen LogP contribution in [0.15, 0.2) is 30.3 Å². The van der Waals surface area contributed by atoms with Crippen molar-refractivity contribution in [2.45, 2.75) is 45.1 Å². The largest absolute Gasteiger partial charge is 0.455 e. The molecule has 6 nitrogen and oxygen atoms in total. The van der Waals surface area contributed by atoms with Gasteiger partial charge in [0.25, 0.3) is 5.91 Å². The third-order valence-electron chi connectivity index (χ3n) is 4.14. The van der Waals surface area contributed by atoms with Crippen molar-refractivity contribution in [1.82, 2.24) is 10.6 Å². The monoisotopic (exact) mass is 332 g/mol. The number of hydrogen-bond donors (Lipinski definition) is 2. The van der Waals surface area contributed by atoms with Gasteiger partial charge in [0.1, 0.15) is 0 Å². The summed E-state index contributed by atoms with van der Waals surface area (Å²) in [6, 6.07) is 8.99. The topological polar surface area (TPSA) is 84.5 Å². The molecule has 0 aromatic heterocycles. The molecule has 2 N–H and O–H groups in total. The summed E-state index contributed by atoms with van der Waals surface area (Å²) in [5, 5.41) is 4.80. The smallest absolute Gasteiger partial charge is 0.321 e. The van der Waals surface area contributed by atoms with Crippen LogP contribution in [0.5, 0.6) is 0 Å². The average molecular weight is 332 g/mol. The molecule has 1 aliphatic carbocycles. The normalized spacial score (nSPS) is 15.9. The molecule has 130 valence electrons. The number of carbonyl (C=O) groups excluding carboxylic acids is 3. The highest BCUT2D eigenvalue weighted by Gasteiger charge is 2.28. The Bertz CT molecular complexity index is 584. The van der Waals surface area contributed by atoms with Gasteiger partial charge in [0.2, 0.25) is 0 Å². The van der Waals surface area contributed by atoms with E-state index in [2.05, 4.69) is 10.6 Å². The maximum atomic E-state index is 12.4. The minimum atomic E-state index is -0.627. The van der Waals surface area contributed by atoms with Crippen LogP contribution in [0, 0.1) is 5.92 Å². The number of nitrogens with one attached hydrogen (secondary N) is 2. The second kappa shape index (κ2) is 8.47. The van der Waals surface area contributed by atoms with Gasteiger partial charge >= 0.3 is 12.0 Å². The number of imide groups is 1. The van der Waals surface area contributed by atoms with Gasteiger partial charge in [-0.1, -0.05) is 50.6 Å². The van der Waals surface area contributed by atoms with Crippen molar-refractivity contribution < 1.29 is 19.1 Å². The summed E-state index contributed by atoms with van der Waals surface area (Å²) in [7, 11) is 0. The van der Waals surface area contributed by atoms with Gasteiger partial charge in [0, 0.05) is 6.04 Å². The molecule has 0 heterocycles. The van der Waals surface area contributed by atoms with Crippen LogP contribution in [-0.4, -0.2) is 30.6 Å². The number of carbonyl (C=O) groups is 3. The third-order valence-corrected chi connectivity index (χ3v) is 4.14. The Hall–Kier alpha value is -2.37. The fraction of sp³-hybridized carbons (Fsp3) is 0.500. The van der Waals surface area contributed by atoms with E-state index in [1.54, 1.807) is 0 Å². The Morgan fingerprint density at radius 1 is 1.21 bits per heavy atom. The van der Waals surface area contributed by atoms with Crippen molar-refractivity contribution in [2.24, 2.45) is 5.92 Å². The van der Waals surface area contributed by atoms with Crippen molar-refractivity contribution in [1.29, 1.82) is 0 Å². The second-order valence-electron chi connectivity index (χ2n) is 6.18. The summed E-state index contributed by atoms with van der Waals surface area (Å²) in [5.41, 5.74) is 0.865. The molecule has 1 aliphatic rings. The predicted molar refractivity (Wildman–Crippen MR) is 89.3 cm³/mol. The quantitative estimate of drug-likeness (QED) is 0.751. The third kappa shape index (κ3) is 5.37. The van der Waals surface area contributed by atoms with E-state index >= 15 is 0 Å². The first-order chi connectivity index (χ1) is 11.5. The van der Waals surface area contributed by atoms with Crippen LogP contribution < -0.4 is 10.6 Å². The van der Waals surface area contributed by atoms with Crippen LogP contribution in [-0.2, 0) is 14.3 Å². The molecule has 1 aromatic carbocycles. The van der Waals surface area contributed by atoms with Crippen molar-refractivity contribution in [3.8, 4) is 0 Å². The van der Waals surface area contributed by atoms with Crippen molar-refractivity contribution in [3.05, 3.63) is 35.9 Å². The standard InChI is InChI=1S/C18H24N2O4/c1-3-12(2)16(13-7-5-4-6-8-13)17(22)24-11-15(21)20-18(23)19-14-9-10-14/h4-8,12,14,16H,3,9-11H2,1-2H3,(H2,19,20,21,23)/t12-,16+/m0/s1. The molecule has 0 radical (unpaired) electrons. The predicted octanol–water partition coefficient (Wildman–Crippen LogP) is 2.35. The molecule has 6 heteroatoms. The zero-order valence-corrected chi connectivity index (χ0v) is 14.1. The molecular weight excluding hydrogens is 308 g/mol. The Morgan fingerprint density at radius 3 is 2.46 bits per heavy atom. The van der Waals surface area contributed by atoms with E-state index in [9.17, 15) is 14.4 Å². The number of benzene rings is 1. The summed E-state index contributed by atoms with van der Waals surface area (Å²) in [6.45, 7) is 3.52. The highest BCUT2D eigenvalue weighted by Crippen LogP contribution is 2.28. The summed E-state index contributed by atoms with van der Waals surface area (Å²) >= 11 is 0. The van der Waals surface area contributed by atoms with Gasteiger partial charge < -0.3 is 10.1 Å². The summed E-state index contributed by atoms with van der Waals surface area (Å²) < 4.78 is 5.13. The lowest BCUT2D eigenvalue weighted by molar-refractivity contribution is -0.151. The van der Waals surface area contributed by atoms with Gasteiger partial charge in [-0.15, -0.1) is 0 Å². The zero-order chi connectivity index (χ0) is 17.5. The minimum absolute atomic E-state index is 0.0844. The molecule has 0 spiro atoms. The van der Waals surface area contributed by atoms with Crippen molar-refractivity contribution in [2.75, 3.05) is 6.61 Å². The highest BCUT2D eigenvalue weighted by molar-refractivity contribution is 5.96. The second-order valence-corrected chi connectivity index (χ2v) is 6.18. The molecule has 1 saturated carbocycles. The maximum absolute atomic E-state index is 12.4. The van der Waals surface area contributed by atoms with Crippen LogP contribution in [0.4, 0.5) is 4.79 Å². The lowest BCUT2D eigenvalue weighted by atomic mass is 9.86. The van der Waals surface area contributed by atoms with E-state index in [1.807, 2.05) is 44.2 Å². The molecule has 0 saturated heterocycles.